The minimum Gasteiger partial charge on any atom is -0.380 e. The van der Waals surface area contributed by atoms with E-state index in [4.69, 9.17) is 4.74 Å². The molecule has 0 aliphatic carbocycles. The van der Waals surface area contributed by atoms with Crippen molar-refractivity contribution in [3.63, 3.8) is 0 Å². The molecule has 0 fully saturated rings. The predicted octanol–water partition coefficient (Wildman–Crippen LogP) is 2.06. The van der Waals surface area contributed by atoms with E-state index in [1.165, 1.54) is 5.69 Å². The smallest absolute Gasteiger partial charge is 0.0591 e. The van der Waals surface area contributed by atoms with Crippen molar-refractivity contribution in [1.82, 2.24) is 15.1 Å². The van der Waals surface area contributed by atoms with Crippen molar-refractivity contribution in [3.05, 3.63) is 18.0 Å². The predicted molar refractivity (Wildman–Crippen MR) is 69.9 cm³/mol. The molecule has 0 aliphatic heterocycles. The Morgan fingerprint density at radius 3 is 2.94 bits per heavy atom. The van der Waals surface area contributed by atoms with Gasteiger partial charge in [-0.2, -0.15) is 5.10 Å². The molecule has 0 bridgehead atoms. The Bertz CT molecular complexity index is 297. The Morgan fingerprint density at radius 2 is 2.24 bits per heavy atom. The van der Waals surface area contributed by atoms with Crippen LogP contribution in [0.2, 0.25) is 0 Å². The second kappa shape index (κ2) is 8.25. The molecule has 98 valence electrons. The molecule has 0 saturated carbocycles. The van der Waals surface area contributed by atoms with E-state index >= 15 is 0 Å². The third-order valence-corrected chi connectivity index (χ3v) is 2.67. The molecule has 1 N–H and O–H groups in total. The third kappa shape index (κ3) is 5.84. The minimum absolute atomic E-state index is 0.724. The van der Waals surface area contributed by atoms with Gasteiger partial charge in [-0.25, -0.2) is 0 Å². The van der Waals surface area contributed by atoms with Gasteiger partial charge in [0.2, 0.25) is 0 Å². The number of ether oxygens (including phenoxy) is 1. The van der Waals surface area contributed by atoms with Crippen LogP contribution in [0.4, 0.5) is 0 Å². The maximum atomic E-state index is 5.54. The molecule has 4 heteroatoms. The number of nitrogens with zero attached hydrogens (tertiary/aromatic N) is 2. The first kappa shape index (κ1) is 14.2. The molecule has 0 atom stereocenters. The van der Waals surface area contributed by atoms with E-state index in [0.29, 0.717) is 0 Å². The molecule has 1 aromatic rings. The highest BCUT2D eigenvalue weighted by molar-refractivity contribution is 4.99. The lowest BCUT2D eigenvalue weighted by atomic mass is 10.1. The van der Waals surface area contributed by atoms with E-state index in [9.17, 15) is 0 Å². The highest BCUT2D eigenvalue weighted by Gasteiger charge is 1.99. The van der Waals surface area contributed by atoms with Crippen molar-refractivity contribution in [2.45, 2.75) is 40.3 Å². The molecule has 17 heavy (non-hydrogen) atoms. The fourth-order valence-electron chi connectivity index (χ4n) is 1.58. The van der Waals surface area contributed by atoms with Crippen LogP contribution in [-0.4, -0.2) is 29.5 Å². The van der Waals surface area contributed by atoms with Gasteiger partial charge in [0, 0.05) is 32.4 Å². The van der Waals surface area contributed by atoms with Crippen molar-refractivity contribution in [2.24, 2.45) is 5.92 Å². The number of rotatable bonds is 9. The molecule has 1 aromatic heterocycles. The zero-order chi connectivity index (χ0) is 12.5. The van der Waals surface area contributed by atoms with Gasteiger partial charge in [0.15, 0.2) is 0 Å². The summed E-state index contributed by atoms with van der Waals surface area (Å²) in [5.41, 5.74) is 1.23. The first-order valence-corrected chi connectivity index (χ1v) is 6.53. The Labute approximate surface area is 104 Å². The lowest BCUT2D eigenvalue weighted by Gasteiger charge is -2.08. The summed E-state index contributed by atoms with van der Waals surface area (Å²) in [5, 5.41) is 7.59. The molecular weight excluding hydrogens is 214 g/mol. The average molecular weight is 239 g/mol. The van der Waals surface area contributed by atoms with Crippen molar-refractivity contribution < 1.29 is 4.74 Å². The van der Waals surface area contributed by atoms with Gasteiger partial charge < -0.3 is 10.1 Å². The molecule has 0 spiro atoms. The summed E-state index contributed by atoms with van der Waals surface area (Å²) in [5.74, 6) is 0.724. The molecular formula is C13H25N3O. The minimum atomic E-state index is 0.724. The summed E-state index contributed by atoms with van der Waals surface area (Å²) in [6.07, 6.45) is 2.99. The van der Waals surface area contributed by atoms with E-state index in [1.54, 1.807) is 0 Å². The first-order chi connectivity index (χ1) is 8.24. The van der Waals surface area contributed by atoms with Crippen LogP contribution in [0.5, 0.6) is 0 Å². The Balaban J connectivity index is 2.01. The standard InChI is InChI=1S/C13H25N3O/c1-4-16-13(5-7-15-16)11-14-8-10-17-9-6-12(2)3/h5,7,12,14H,4,6,8-11H2,1-3H3. The SMILES string of the molecule is CCn1nccc1CNCCOCCC(C)C. The number of hydrogen-bond acceptors (Lipinski definition) is 3. The monoisotopic (exact) mass is 239 g/mol. The summed E-state index contributed by atoms with van der Waals surface area (Å²) in [6.45, 7) is 10.9. The zero-order valence-corrected chi connectivity index (χ0v) is 11.3. The number of aromatic nitrogens is 2. The first-order valence-electron chi connectivity index (χ1n) is 6.53. The van der Waals surface area contributed by atoms with Gasteiger partial charge in [-0.3, -0.25) is 4.68 Å². The average Bonchev–Trinajstić information content (AvgIpc) is 2.74. The van der Waals surface area contributed by atoms with E-state index < -0.39 is 0 Å². The summed E-state index contributed by atoms with van der Waals surface area (Å²) in [4.78, 5) is 0. The Hall–Kier alpha value is -0.870. The highest BCUT2D eigenvalue weighted by atomic mass is 16.5. The molecule has 0 unspecified atom stereocenters. The fourth-order valence-corrected chi connectivity index (χ4v) is 1.58. The van der Waals surface area contributed by atoms with Gasteiger partial charge in [-0.1, -0.05) is 13.8 Å². The maximum Gasteiger partial charge on any atom is 0.0591 e. The molecule has 0 radical (unpaired) electrons. The molecule has 1 heterocycles. The van der Waals surface area contributed by atoms with E-state index in [-0.39, 0.29) is 0 Å². The summed E-state index contributed by atoms with van der Waals surface area (Å²) >= 11 is 0. The van der Waals surface area contributed by atoms with Gasteiger partial charge in [-0.05, 0) is 25.3 Å². The van der Waals surface area contributed by atoms with Crippen LogP contribution in [0.25, 0.3) is 0 Å². The van der Waals surface area contributed by atoms with Crippen LogP contribution in [0, 0.1) is 5.92 Å². The topological polar surface area (TPSA) is 39.1 Å². The van der Waals surface area contributed by atoms with Gasteiger partial charge in [0.25, 0.3) is 0 Å². The molecule has 4 nitrogen and oxygen atoms in total. The van der Waals surface area contributed by atoms with Crippen LogP contribution in [0.15, 0.2) is 12.3 Å². The van der Waals surface area contributed by atoms with Crippen LogP contribution in [-0.2, 0) is 17.8 Å². The lowest BCUT2D eigenvalue weighted by Crippen LogP contribution is -2.21. The second-order valence-electron chi connectivity index (χ2n) is 4.61. The quantitative estimate of drug-likeness (QED) is 0.670. The summed E-state index contributed by atoms with van der Waals surface area (Å²) in [7, 11) is 0. The van der Waals surface area contributed by atoms with Gasteiger partial charge in [-0.15, -0.1) is 0 Å². The number of aryl methyl sites for hydroxylation is 1. The van der Waals surface area contributed by atoms with Crippen LogP contribution >= 0.6 is 0 Å². The Kier molecular flexibility index (Phi) is 6.89. The summed E-state index contributed by atoms with van der Waals surface area (Å²) < 4.78 is 7.54. The van der Waals surface area contributed by atoms with E-state index in [1.807, 2.05) is 10.9 Å². The van der Waals surface area contributed by atoms with Gasteiger partial charge in [0.1, 0.15) is 0 Å². The van der Waals surface area contributed by atoms with Crippen molar-refractivity contribution in [2.75, 3.05) is 19.8 Å². The van der Waals surface area contributed by atoms with E-state index in [2.05, 4.69) is 37.3 Å². The van der Waals surface area contributed by atoms with Crippen LogP contribution in [0.1, 0.15) is 32.9 Å². The van der Waals surface area contributed by atoms with Gasteiger partial charge >= 0.3 is 0 Å². The molecule has 0 saturated heterocycles. The van der Waals surface area contributed by atoms with Crippen molar-refractivity contribution in [1.29, 1.82) is 0 Å². The highest BCUT2D eigenvalue weighted by Crippen LogP contribution is 1.99. The van der Waals surface area contributed by atoms with Crippen molar-refractivity contribution in [3.8, 4) is 0 Å². The van der Waals surface area contributed by atoms with Crippen LogP contribution < -0.4 is 5.32 Å². The molecule has 0 amide bonds. The van der Waals surface area contributed by atoms with Crippen molar-refractivity contribution >= 4 is 0 Å². The summed E-state index contributed by atoms with van der Waals surface area (Å²) in [6, 6.07) is 2.05. The van der Waals surface area contributed by atoms with Crippen LogP contribution in [0.3, 0.4) is 0 Å². The molecule has 0 aromatic carbocycles. The normalized spacial score (nSPS) is 11.3. The van der Waals surface area contributed by atoms with E-state index in [0.717, 1.165) is 45.2 Å². The largest absolute Gasteiger partial charge is 0.380 e. The third-order valence-electron chi connectivity index (χ3n) is 2.67. The molecule has 1 rings (SSSR count). The Morgan fingerprint density at radius 1 is 1.41 bits per heavy atom. The number of hydrogen-bond donors (Lipinski definition) is 1. The fraction of sp³-hybridized carbons (Fsp3) is 0.769. The van der Waals surface area contributed by atoms with Gasteiger partial charge in [0.05, 0.1) is 12.3 Å². The lowest BCUT2D eigenvalue weighted by molar-refractivity contribution is 0.125. The molecule has 0 aliphatic rings. The number of nitrogens with one attached hydrogen (secondary N) is 1. The maximum absolute atomic E-state index is 5.54. The second-order valence-corrected chi connectivity index (χ2v) is 4.61. The zero-order valence-electron chi connectivity index (χ0n) is 11.3.